The third-order valence-corrected chi connectivity index (χ3v) is 2.54. The van der Waals surface area contributed by atoms with Crippen molar-refractivity contribution in [2.45, 2.75) is 19.3 Å². The number of nitrogens with one attached hydrogen (secondary N) is 1. The van der Waals surface area contributed by atoms with Gasteiger partial charge in [-0.3, -0.25) is 14.4 Å². The largest absolute Gasteiger partial charge is 0.481 e. The number of carbonyl (C=O) groups is 3. The second kappa shape index (κ2) is 9.02. The number of rotatable bonds is 9. The first-order valence-electron chi connectivity index (χ1n) is 4.80. The van der Waals surface area contributed by atoms with Crippen LogP contribution in [0.5, 0.6) is 0 Å². The Morgan fingerprint density at radius 2 is 1.69 bits per heavy atom. The van der Waals surface area contributed by atoms with Crippen molar-refractivity contribution in [2.75, 3.05) is 18.1 Å². The van der Waals surface area contributed by atoms with E-state index in [1.807, 2.05) is 0 Å². The van der Waals surface area contributed by atoms with E-state index in [-0.39, 0.29) is 24.5 Å². The average molecular weight is 249 g/mol. The SMILES string of the molecule is O=C(O)CCCNC(=O)CSCCC(=O)O. The molecule has 0 saturated carbocycles. The van der Waals surface area contributed by atoms with Gasteiger partial charge in [0.25, 0.3) is 0 Å². The van der Waals surface area contributed by atoms with Crippen molar-refractivity contribution >= 4 is 29.6 Å². The molecule has 0 bridgehead atoms. The van der Waals surface area contributed by atoms with E-state index in [4.69, 9.17) is 10.2 Å². The molecule has 0 saturated heterocycles. The molecule has 0 atom stereocenters. The molecule has 1 amide bonds. The van der Waals surface area contributed by atoms with E-state index in [1.54, 1.807) is 0 Å². The van der Waals surface area contributed by atoms with Crippen LogP contribution in [0.2, 0.25) is 0 Å². The van der Waals surface area contributed by atoms with Gasteiger partial charge in [-0.15, -0.1) is 0 Å². The number of hydrogen-bond acceptors (Lipinski definition) is 4. The first kappa shape index (κ1) is 14.8. The lowest BCUT2D eigenvalue weighted by molar-refractivity contribution is -0.137. The summed E-state index contributed by atoms with van der Waals surface area (Å²) in [6.45, 7) is 0.338. The van der Waals surface area contributed by atoms with Crippen LogP contribution in [0.25, 0.3) is 0 Å². The molecule has 0 unspecified atom stereocenters. The first-order chi connectivity index (χ1) is 7.52. The second-order valence-corrected chi connectivity index (χ2v) is 4.15. The van der Waals surface area contributed by atoms with Crippen LogP contribution >= 0.6 is 11.8 Å². The van der Waals surface area contributed by atoms with Crippen LogP contribution in [0.4, 0.5) is 0 Å². The maximum Gasteiger partial charge on any atom is 0.304 e. The summed E-state index contributed by atoms with van der Waals surface area (Å²) in [7, 11) is 0. The number of amides is 1. The maximum atomic E-state index is 11.1. The number of carboxylic acids is 2. The van der Waals surface area contributed by atoms with Crippen molar-refractivity contribution in [2.24, 2.45) is 0 Å². The molecule has 0 heterocycles. The number of carboxylic acid groups (broad SMARTS) is 2. The minimum absolute atomic E-state index is 0.0342. The normalized spacial score (nSPS) is 9.75. The third-order valence-electron chi connectivity index (χ3n) is 1.58. The van der Waals surface area contributed by atoms with Gasteiger partial charge in [0.05, 0.1) is 12.2 Å². The molecule has 0 fully saturated rings. The minimum Gasteiger partial charge on any atom is -0.481 e. The Morgan fingerprint density at radius 1 is 1.06 bits per heavy atom. The number of aliphatic carboxylic acids is 2. The van der Waals surface area contributed by atoms with Gasteiger partial charge in [0.15, 0.2) is 0 Å². The fourth-order valence-corrected chi connectivity index (χ4v) is 1.59. The van der Waals surface area contributed by atoms with Crippen molar-refractivity contribution in [1.29, 1.82) is 0 Å². The van der Waals surface area contributed by atoms with Crippen LogP contribution in [0, 0.1) is 0 Å². The average Bonchev–Trinajstić information content (AvgIpc) is 2.19. The standard InChI is InChI=1S/C9H15NO5S/c11-7(6-16-5-3-9(14)15)10-4-1-2-8(12)13/h1-6H2,(H,10,11)(H,12,13)(H,14,15). The predicted molar refractivity (Wildman–Crippen MR) is 59.5 cm³/mol. The minimum atomic E-state index is -0.884. The molecule has 6 nitrogen and oxygen atoms in total. The highest BCUT2D eigenvalue weighted by Crippen LogP contribution is 2.01. The highest BCUT2D eigenvalue weighted by atomic mass is 32.2. The molecule has 0 aromatic rings. The fourth-order valence-electron chi connectivity index (χ4n) is 0.843. The molecule has 7 heteroatoms. The smallest absolute Gasteiger partial charge is 0.304 e. The molecule has 0 aromatic carbocycles. The summed E-state index contributed by atoms with van der Waals surface area (Å²) in [5, 5.41) is 19.2. The molecule has 3 N–H and O–H groups in total. The van der Waals surface area contributed by atoms with E-state index in [1.165, 1.54) is 11.8 Å². The van der Waals surface area contributed by atoms with Crippen LogP contribution in [-0.2, 0) is 14.4 Å². The van der Waals surface area contributed by atoms with Crippen molar-refractivity contribution < 1.29 is 24.6 Å². The summed E-state index contributed by atoms with van der Waals surface area (Å²) < 4.78 is 0. The Balaban J connectivity index is 3.31. The highest BCUT2D eigenvalue weighted by molar-refractivity contribution is 7.99. The maximum absolute atomic E-state index is 11.1. The second-order valence-electron chi connectivity index (χ2n) is 3.04. The molecule has 0 aromatic heterocycles. The van der Waals surface area contributed by atoms with Crippen LogP contribution in [0.15, 0.2) is 0 Å². The van der Waals surface area contributed by atoms with Crippen LogP contribution < -0.4 is 5.32 Å². The van der Waals surface area contributed by atoms with E-state index in [9.17, 15) is 14.4 Å². The Morgan fingerprint density at radius 3 is 2.25 bits per heavy atom. The summed E-state index contributed by atoms with van der Waals surface area (Å²) in [5.74, 6) is -1.35. The lowest BCUT2D eigenvalue weighted by atomic mass is 10.3. The topological polar surface area (TPSA) is 104 Å². The van der Waals surface area contributed by atoms with Crippen LogP contribution in [0.1, 0.15) is 19.3 Å². The molecule has 92 valence electrons. The highest BCUT2D eigenvalue weighted by Gasteiger charge is 2.03. The quantitative estimate of drug-likeness (QED) is 0.503. The van der Waals surface area contributed by atoms with Crippen molar-refractivity contribution in [3.05, 3.63) is 0 Å². The Hall–Kier alpha value is -1.24. The summed E-state index contributed by atoms with van der Waals surface area (Å²) in [6.07, 6.45) is 0.476. The molecule has 0 aliphatic rings. The molecule has 0 radical (unpaired) electrons. The van der Waals surface area contributed by atoms with Gasteiger partial charge in [0.2, 0.25) is 5.91 Å². The zero-order valence-corrected chi connectivity index (χ0v) is 9.59. The van der Waals surface area contributed by atoms with E-state index in [0.717, 1.165) is 0 Å². The molecule has 16 heavy (non-hydrogen) atoms. The van der Waals surface area contributed by atoms with Gasteiger partial charge < -0.3 is 15.5 Å². The fraction of sp³-hybridized carbons (Fsp3) is 0.667. The van der Waals surface area contributed by atoms with Crippen molar-refractivity contribution in [3.63, 3.8) is 0 Å². The van der Waals surface area contributed by atoms with Gasteiger partial charge >= 0.3 is 11.9 Å². The van der Waals surface area contributed by atoms with Gasteiger partial charge in [-0.2, -0.15) is 11.8 Å². The summed E-state index contributed by atoms with van der Waals surface area (Å²) >= 11 is 1.24. The Labute approximate surface area is 97.4 Å². The van der Waals surface area contributed by atoms with Gasteiger partial charge in [0.1, 0.15) is 0 Å². The molecular formula is C9H15NO5S. The lowest BCUT2D eigenvalue weighted by Crippen LogP contribution is -2.26. The first-order valence-corrected chi connectivity index (χ1v) is 5.96. The van der Waals surface area contributed by atoms with Gasteiger partial charge in [-0.1, -0.05) is 0 Å². The van der Waals surface area contributed by atoms with Crippen molar-refractivity contribution in [3.8, 4) is 0 Å². The van der Waals surface area contributed by atoms with Gasteiger partial charge in [-0.05, 0) is 6.42 Å². The number of hydrogen-bond donors (Lipinski definition) is 3. The molecular weight excluding hydrogens is 234 g/mol. The van der Waals surface area contributed by atoms with Crippen LogP contribution in [-0.4, -0.2) is 46.1 Å². The zero-order chi connectivity index (χ0) is 12.4. The molecule has 0 rings (SSSR count). The zero-order valence-electron chi connectivity index (χ0n) is 8.77. The van der Waals surface area contributed by atoms with Crippen molar-refractivity contribution in [1.82, 2.24) is 5.32 Å². The summed E-state index contributed by atoms with van der Waals surface area (Å²) in [6, 6.07) is 0. The summed E-state index contributed by atoms with van der Waals surface area (Å²) in [5.41, 5.74) is 0. The van der Waals surface area contributed by atoms with E-state index in [0.29, 0.717) is 18.7 Å². The number of carbonyl (C=O) groups excluding carboxylic acids is 1. The molecule has 0 aliphatic carbocycles. The Kier molecular flexibility index (Phi) is 8.32. The van der Waals surface area contributed by atoms with E-state index in [2.05, 4.69) is 5.32 Å². The lowest BCUT2D eigenvalue weighted by Gasteiger charge is -2.03. The third kappa shape index (κ3) is 10.8. The van der Waals surface area contributed by atoms with E-state index >= 15 is 0 Å². The van der Waals surface area contributed by atoms with Crippen LogP contribution in [0.3, 0.4) is 0 Å². The predicted octanol–water partition coefficient (Wildman–Crippen LogP) is 0.175. The monoisotopic (exact) mass is 249 g/mol. The van der Waals surface area contributed by atoms with E-state index < -0.39 is 11.9 Å². The molecule has 0 aliphatic heterocycles. The number of thioether (sulfide) groups is 1. The Bertz CT molecular complexity index is 232. The summed E-state index contributed by atoms with van der Waals surface area (Å²) in [4.78, 5) is 31.4. The molecule has 0 spiro atoms. The van der Waals surface area contributed by atoms with Gasteiger partial charge in [-0.25, -0.2) is 0 Å². The van der Waals surface area contributed by atoms with Gasteiger partial charge in [0, 0.05) is 18.7 Å².